The molecule has 0 radical (unpaired) electrons. The van der Waals surface area contributed by atoms with Crippen LogP contribution in [0, 0.1) is 0 Å². The zero-order valence-electron chi connectivity index (χ0n) is 6.49. The molecule has 2 rings (SSSR count). The van der Waals surface area contributed by atoms with E-state index in [1.165, 1.54) is 5.56 Å². The van der Waals surface area contributed by atoms with Crippen LogP contribution in [-0.4, -0.2) is 5.78 Å². The lowest BCUT2D eigenvalue weighted by molar-refractivity contribution is -0.114. The van der Waals surface area contributed by atoms with E-state index in [0.717, 1.165) is 5.56 Å². The summed E-state index contributed by atoms with van der Waals surface area (Å²) in [6.07, 6.45) is 4.08. The molecule has 0 atom stereocenters. The van der Waals surface area contributed by atoms with Gasteiger partial charge in [0, 0.05) is 6.42 Å². The summed E-state index contributed by atoms with van der Waals surface area (Å²) >= 11 is 0. The highest BCUT2D eigenvalue weighted by molar-refractivity contribution is 5.98. The molecule has 1 aromatic carbocycles. The van der Waals surface area contributed by atoms with E-state index in [2.05, 4.69) is 0 Å². The van der Waals surface area contributed by atoms with Crippen LogP contribution in [0.15, 0.2) is 30.3 Å². The molecule has 0 bridgehead atoms. The number of ketones is 1. The Morgan fingerprint density at radius 2 is 1.83 bits per heavy atom. The Labute approximate surface area is 77.5 Å². The number of fused-ring (bicyclic) bond motifs is 1. The molecule has 2 heteroatoms. The van der Waals surface area contributed by atoms with Crippen molar-refractivity contribution in [3.8, 4) is 0 Å². The maximum Gasteiger partial charge on any atom is 0.160 e. The number of benzene rings is 1. The van der Waals surface area contributed by atoms with Gasteiger partial charge in [0.2, 0.25) is 0 Å². The van der Waals surface area contributed by atoms with Crippen molar-refractivity contribution in [2.24, 2.45) is 0 Å². The van der Waals surface area contributed by atoms with Gasteiger partial charge in [0.1, 0.15) is 0 Å². The van der Waals surface area contributed by atoms with E-state index in [4.69, 9.17) is 0 Å². The minimum atomic E-state index is 0. The van der Waals surface area contributed by atoms with Gasteiger partial charge in [-0.3, -0.25) is 4.79 Å². The number of hydrogen-bond acceptors (Lipinski definition) is 1. The molecule has 1 nitrogen and oxygen atoms in total. The summed E-state index contributed by atoms with van der Waals surface area (Å²) < 4.78 is 0. The fourth-order valence-corrected chi connectivity index (χ4v) is 1.29. The molecule has 0 heterocycles. The number of halogens is 1. The average molecular weight is 181 g/mol. The van der Waals surface area contributed by atoms with Crippen molar-refractivity contribution in [1.82, 2.24) is 0 Å². The van der Waals surface area contributed by atoms with Gasteiger partial charge in [0.05, 0.1) is 0 Å². The normalized spacial score (nSPS) is 13.5. The van der Waals surface area contributed by atoms with Crippen LogP contribution in [0.3, 0.4) is 0 Å². The van der Waals surface area contributed by atoms with Gasteiger partial charge in [-0.15, -0.1) is 12.4 Å². The first-order valence-electron chi connectivity index (χ1n) is 3.65. The molecule has 0 aliphatic heterocycles. The molecule has 12 heavy (non-hydrogen) atoms. The Kier molecular flexibility index (Phi) is 2.66. The first-order chi connectivity index (χ1) is 5.36. The van der Waals surface area contributed by atoms with Gasteiger partial charge in [-0.05, 0) is 17.2 Å². The van der Waals surface area contributed by atoms with Gasteiger partial charge < -0.3 is 0 Å². The molecule has 0 saturated carbocycles. The smallest absolute Gasteiger partial charge is 0.160 e. The number of carbonyl (C=O) groups is 1. The quantitative estimate of drug-likeness (QED) is 0.599. The average Bonchev–Trinajstić information content (AvgIpc) is 2.04. The molecule has 0 fully saturated rings. The monoisotopic (exact) mass is 180 g/mol. The molecule has 0 spiro atoms. The first kappa shape index (κ1) is 9.01. The number of carbonyl (C=O) groups excluding carboxylic acids is 1. The van der Waals surface area contributed by atoms with Crippen LogP contribution >= 0.6 is 12.4 Å². The first-order valence-corrected chi connectivity index (χ1v) is 3.65. The SMILES string of the molecule is Cl.O=C1C=Cc2ccccc2C1. The Hall–Kier alpha value is -1.08. The predicted molar refractivity (Wildman–Crippen MR) is 51.4 cm³/mol. The number of rotatable bonds is 0. The van der Waals surface area contributed by atoms with Crippen molar-refractivity contribution < 1.29 is 4.79 Å². The largest absolute Gasteiger partial charge is 0.294 e. The van der Waals surface area contributed by atoms with E-state index >= 15 is 0 Å². The van der Waals surface area contributed by atoms with Crippen molar-refractivity contribution in [2.45, 2.75) is 6.42 Å². The summed E-state index contributed by atoms with van der Waals surface area (Å²) in [4.78, 5) is 10.9. The van der Waals surface area contributed by atoms with Crippen LogP contribution in [0.1, 0.15) is 11.1 Å². The molecular formula is C10H9ClO. The third-order valence-corrected chi connectivity index (χ3v) is 1.87. The second-order valence-corrected chi connectivity index (χ2v) is 2.68. The molecule has 0 amide bonds. The van der Waals surface area contributed by atoms with Crippen molar-refractivity contribution in [3.05, 3.63) is 41.5 Å². The van der Waals surface area contributed by atoms with Crippen molar-refractivity contribution in [1.29, 1.82) is 0 Å². The zero-order chi connectivity index (χ0) is 7.68. The highest BCUT2D eigenvalue weighted by Crippen LogP contribution is 2.15. The molecule has 0 aromatic heterocycles. The van der Waals surface area contributed by atoms with E-state index in [-0.39, 0.29) is 18.2 Å². The Morgan fingerprint density at radius 3 is 2.67 bits per heavy atom. The third-order valence-electron chi connectivity index (χ3n) is 1.87. The lowest BCUT2D eigenvalue weighted by Crippen LogP contribution is -2.04. The van der Waals surface area contributed by atoms with Crippen molar-refractivity contribution >= 4 is 24.3 Å². The highest BCUT2D eigenvalue weighted by atomic mass is 35.5. The topological polar surface area (TPSA) is 17.1 Å². The fraction of sp³-hybridized carbons (Fsp3) is 0.100. The Bertz CT molecular complexity index is 328. The number of allylic oxidation sites excluding steroid dienone is 1. The predicted octanol–water partition coefficient (Wildman–Crippen LogP) is 2.25. The van der Waals surface area contributed by atoms with Gasteiger partial charge >= 0.3 is 0 Å². The van der Waals surface area contributed by atoms with Crippen molar-refractivity contribution in [3.63, 3.8) is 0 Å². The minimum absolute atomic E-state index is 0. The minimum Gasteiger partial charge on any atom is -0.294 e. The molecule has 1 aliphatic rings. The maximum absolute atomic E-state index is 10.9. The van der Waals surface area contributed by atoms with E-state index in [1.54, 1.807) is 6.08 Å². The maximum atomic E-state index is 10.9. The standard InChI is InChI=1S/C10H8O.ClH/c11-10-6-5-8-3-1-2-4-9(8)7-10;/h1-6H,7H2;1H. The van der Waals surface area contributed by atoms with Crippen LogP contribution < -0.4 is 0 Å². The van der Waals surface area contributed by atoms with Gasteiger partial charge in [-0.2, -0.15) is 0 Å². The van der Waals surface area contributed by atoms with Gasteiger partial charge in [-0.1, -0.05) is 30.3 Å². The Morgan fingerprint density at radius 1 is 1.08 bits per heavy atom. The van der Waals surface area contributed by atoms with Crippen LogP contribution in [0.4, 0.5) is 0 Å². The second kappa shape index (κ2) is 3.55. The third kappa shape index (κ3) is 1.56. The van der Waals surface area contributed by atoms with Crippen LogP contribution in [0.2, 0.25) is 0 Å². The molecule has 1 aromatic rings. The number of hydrogen-bond donors (Lipinski definition) is 0. The summed E-state index contributed by atoms with van der Waals surface area (Å²) in [5.74, 6) is 0.198. The molecule has 0 N–H and O–H groups in total. The van der Waals surface area contributed by atoms with Crippen LogP contribution in [0.25, 0.3) is 6.08 Å². The van der Waals surface area contributed by atoms with Gasteiger partial charge in [0.25, 0.3) is 0 Å². The fourth-order valence-electron chi connectivity index (χ4n) is 1.29. The molecule has 0 unspecified atom stereocenters. The molecule has 1 aliphatic carbocycles. The van der Waals surface area contributed by atoms with Crippen molar-refractivity contribution in [2.75, 3.05) is 0 Å². The summed E-state index contributed by atoms with van der Waals surface area (Å²) in [6, 6.07) is 7.97. The Balaban J connectivity index is 0.000000720. The van der Waals surface area contributed by atoms with Gasteiger partial charge in [-0.25, -0.2) is 0 Å². The van der Waals surface area contributed by atoms with E-state index in [1.807, 2.05) is 30.3 Å². The summed E-state index contributed by atoms with van der Waals surface area (Å²) in [6.45, 7) is 0. The second-order valence-electron chi connectivity index (χ2n) is 2.68. The van der Waals surface area contributed by atoms with E-state index < -0.39 is 0 Å². The lowest BCUT2D eigenvalue weighted by atomic mass is 9.97. The summed E-state index contributed by atoms with van der Waals surface area (Å²) in [7, 11) is 0. The van der Waals surface area contributed by atoms with E-state index in [0.29, 0.717) is 6.42 Å². The van der Waals surface area contributed by atoms with Crippen LogP contribution in [0.5, 0.6) is 0 Å². The molecule has 62 valence electrons. The lowest BCUT2D eigenvalue weighted by Gasteiger charge is -2.07. The van der Waals surface area contributed by atoms with E-state index in [9.17, 15) is 4.79 Å². The van der Waals surface area contributed by atoms with Crippen LogP contribution in [-0.2, 0) is 11.2 Å². The summed E-state index contributed by atoms with van der Waals surface area (Å²) in [5.41, 5.74) is 2.31. The molecule has 0 saturated heterocycles. The highest BCUT2D eigenvalue weighted by Gasteiger charge is 2.07. The van der Waals surface area contributed by atoms with Gasteiger partial charge in [0.15, 0.2) is 5.78 Å². The zero-order valence-corrected chi connectivity index (χ0v) is 7.30. The summed E-state index contributed by atoms with van der Waals surface area (Å²) in [5, 5.41) is 0. The molecular weight excluding hydrogens is 172 g/mol.